The molecule has 0 aromatic heterocycles. The molecule has 24 heavy (non-hydrogen) atoms. The quantitative estimate of drug-likeness (QED) is 0.432. The van der Waals surface area contributed by atoms with Gasteiger partial charge >= 0.3 is 5.91 Å². The van der Waals surface area contributed by atoms with Crippen molar-refractivity contribution in [2.45, 2.75) is 26.2 Å². The number of aliphatic hydroxyl groups excluding tert-OH is 1. The largest absolute Gasteiger partial charge is 0.550 e. The molecule has 1 rings (SSSR count). The third-order valence-corrected chi connectivity index (χ3v) is 3.29. The van der Waals surface area contributed by atoms with Crippen molar-refractivity contribution in [3.8, 4) is 0 Å². The maximum Gasteiger partial charge on any atom is 0.313 e. The van der Waals surface area contributed by atoms with Crippen LogP contribution in [0, 0.1) is 10.1 Å². The van der Waals surface area contributed by atoms with E-state index in [0.717, 1.165) is 6.42 Å². The van der Waals surface area contributed by atoms with Crippen molar-refractivity contribution in [1.29, 1.82) is 0 Å². The second-order valence-corrected chi connectivity index (χ2v) is 5.75. The Bertz CT molecular complexity index is 554. The maximum atomic E-state index is 11.3. The summed E-state index contributed by atoms with van der Waals surface area (Å²) in [6, 6.07) is 5.32. The zero-order chi connectivity index (χ0) is 18.8. The van der Waals surface area contributed by atoms with Crippen LogP contribution in [-0.2, 0) is 16.0 Å². The number of aliphatic hydroxyl groups is 1. The third-order valence-electron chi connectivity index (χ3n) is 3.29. The molecule has 1 aromatic rings. The number of non-ortho nitro benzene ring substituents is 1. The van der Waals surface area contributed by atoms with Gasteiger partial charge in [-0.2, -0.15) is 0 Å². The number of hydrogen-bond acceptors (Lipinski definition) is 6. The Morgan fingerprint density at radius 3 is 2.12 bits per heavy atom. The minimum absolute atomic E-state index is 0.0536. The molecular formula is C16H24N2O6. The number of quaternary nitrogens is 1. The van der Waals surface area contributed by atoms with Gasteiger partial charge in [0.1, 0.15) is 6.54 Å². The van der Waals surface area contributed by atoms with Crippen molar-refractivity contribution in [2.75, 3.05) is 27.2 Å². The number of hydrogen-bond donors (Lipinski definition) is 1. The Morgan fingerprint density at radius 1 is 1.21 bits per heavy atom. The van der Waals surface area contributed by atoms with Crippen LogP contribution < -0.4 is 5.11 Å². The molecule has 0 aliphatic rings. The molecule has 1 aromatic carbocycles. The van der Waals surface area contributed by atoms with Crippen LogP contribution in [0.4, 0.5) is 5.69 Å². The summed E-state index contributed by atoms with van der Waals surface area (Å²) < 4.78 is 0.296. The molecule has 0 saturated heterocycles. The smallest absolute Gasteiger partial charge is 0.313 e. The SMILES string of the molecule is CCCC(=O)[N+](C)(C)CCO.O=C([O-])Cc1ccc([N+](=O)[O-])cc1. The molecule has 0 saturated carbocycles. The summed E-state index contributed by atoms with van der Waals surface area (Å²) in [7, 11) is 3.66. The van der Waals surface area contributed by atoms with Crippen LogP contribution in [0.2, 0.25) is 0 Å². The minimum Gasteiger partial charge on any atom is -0.550 e. The fourth-order valence-corrected chi connectivity index (χ4v) is 1.79. The molecule has 0 heterocycles. The van der Waals surface area contributed by atoms with Gasteiger partial charge in [0, 0.05) is 24.5 Å². The van der Waals surface area contributed by atoms with E-state index in [1.807, 2.05) is 21.0 Å². The molecule has 0 unspecified atom stereocenters. The lowest BCUT2D eigenvalue weighted by atomic mass is 10.1. The van der Waals surface area contributed by atoms with Crippen molar-refractivity contribution in [3.05, 3.63) is 39.9 Å². The molecule has 0 aliphatic heterocycles. The van der Waals surface area contributed by atoms with Gasteiger partial charge in [0.15, 0.2) is 0 Å². The van der Waals surface area contributed by atoms with Crippen molar-refractivity contribution in [1.82, 2.24) is 0 Å². The summed E-state index contributed by atoms with van der Waals surface area (Å²) in [6.07, 6.45) is 1.26. The molecule has 0 fully saturated rings. The molecule has 1 amide bonds. The standard InChI is InChI=1S/C8H7NO4.C8H18NO2/c10-8(11)5-6-1-3-7(4-2-6)9(12)13;1-4-5-8(11)9(2,3)6-7-10/h1-4H,5H2,(H,10,11);10H,4-7H2,1-3H3/q;+1/p-1. The highest BCUT2D eigenvalue weighted by Crippen LogP contribution is 2.11. The average Bonchev–Trinajstić information content (AvgIpc) is 2.48. The lowest BCUT2D eigenvalue weighted by molar-refractivity contribution is -0.814. The van der Waals surface area contributed by atoms with Gasteiger partial charge in [-0.05, 0) is 12.0 Å². The van der Waals surface area contributed by atoms with Crippen molar-refractivity contribution >= 4 is 17.6 Å². The first kappa shape index (κ1) is 21.7. The van der Waals surface area contributed by atoms with Crippen LogP contribution in [0.5, 0.6) is 0 Å². The highest BCUT2D eigenvalue weighted by atomic mass is 16.6. The number of nitro benzene ring substituents is 1. The predicted octanol–water partition coefficient (Wildman–Crippen LogP) is 0.269. The van der Waals surface area contributed by atoms with E-state index in [1.165, 1.54) is 24.3 Å². The number of nitro groups is 1. The van der Waals surface area contributed by atoms with Crippen LogP contribution in [0.25, 0.3) is 0 Å². The van der Waals surface area contributed by atoms with Crippen molar-refractivity contribution in [3.63, 3.8) is 0 Å². The van der Waals surface area contributed by atoms with E-state index in [1.54, 1.807) is 0 Å². The van der Waals surface area contributed by atoms with Crippen LogP contribution >= 0.6 is 0 Å². The Kier molecular flexibility index (Phi) is 9.44. The molecular weight excluding hydrogens is 316 g/mol. The fourth-order valence-electron chi connectivity index (χ4n) is 1.79. The third kappa shape index (κ3) is 8.35. The molecule has 134 valence electrons. The summed E-state index contributed by atoms with van der Waals surface area (Å²) in [4.78, 5) is 31.1. The lowest BCUT2D eigenvalue weighted by Gasteiger charge is -2.25. The molecule has 1 N–H and O–H groups in total. The normalized spacial score (nSPS) is 10.5. The molecule has 8 nitrogen and oxygen atoms in total. The molecule has 0 spiro atoms. The topological polar surface area (TPSA) is 121 Å². The first-order chi connectivity index (χ1) is 11.1. The number of benzene rings is 1. The number of rotatable bonds is 7. The monoisotopic (exact) mass is 340 g/mol. The van der Waals surface area contributed by atoms with E-state index in [9.17, 15) is 24.8 Å². The Hall–Kier alpha value is -2.32. The van der Waals surface area contributed by atoms with Gasteiger partial charge in [0.2, 0.25) is 0 Å². The lowest BCUT2D eigenvalue weighted by Crippen LogP contribution is -2.47. The number of carbonyl (C=O) groups excluding carboxylic acids is 2. The summed E-state index contributed by atoms with van der Waals surface area (Å²) in [6.45, 7) is 2.57. The van der Waals surface area contributed by atoms with Gasteiger partial charge in [-0.25, -0.2) is 4.79 Å². The van der Waals surface area contributed by atoms with E-state index in [4.69, 9.17) is 5.11 Å². The minimum atomic E-state index is -1.20. The number of likely N-dealkylation sites (N-methyl/N-ethyl adjacent to an activating group) is 1. The molecule has 0 bridgehead atoms. The van der Waals surface area contributed by atoms with Crippen molar-refractivity contribution < 1.29 is 29.2 Å². The van der Waals surface area contributed by atoms with E-state index >= 15 is 0 Å². The first-order valence-corrected chi connectivity index (χ1v) is 7.54. The maximum absolute atomic E-state index is 11.3. The van der Waals surface area contributed by atoms with E-state index in [2.05, 4.69) is 0 Å². The van der Waals surface area contributed by atoms with Crippen LogP contribution in [0.15, 0.2) is 24.3 Å². The molecule has 0 radical (unpaired) electrons. The van der Waals surface area contributed by atoms with E-state index in [0.29, 0.717) is 23.0 Å². The van der Waals surface area contributed by atoms with Gasteiger partial charge in [-0.1, -0.05) is 19.1 Å². The zero-order valence-corrected chi connectivity index (χ0v) is 14.2. The number of carboxylic acid groups (broad SMARTS) is 1. The summed E-state index contributed by atoms with van der Waals surface area (Å²) in [5.41, 5.74) is 0.438. The number of carbonyl (C=O) groups is 2. The Labute approximate surface area is 141 Å². The zero-order valence-electron chi connectivity index (χ0n) is 14.2. The fraction of sp³-hybridized carbons (Fsp3) is 0.500. The van der Waals surface area contributed by atoms with Crippen molar-refractivity contribution in [2.24, 2.45) is 0 Å². The highest BCUT2D eigenvalue weighted by molar-refractivity contribution is 5.68. The second-order valence-electron chi connectivity index (χ2n) is 5.75. The summed E-state index contributed by atoms with van der Waals surface area (Å²) >= 11 is 0. The van der Waals surface area contributed by atoms with Gasteiger partial charge < -0.3 is 15.0 Å². The van der Waals surface area contributed by atoms with Gasteiger partial charge in [-0.3, -0.25) is 14.6 Å². The van der Waals surface area contributed by atoms with Gasteiger partial charge in [0.25, 0.3) is 5.69 Å². The van der Waals surface area contributed by atoms with Crippen LogP contribution in [-0.4, -0.2) is 53.6 Å². The second kappa shape index (κ2) is 10.5. The molecule has 8 heteroatoms. The van der Waals surface area contributed by atoms with Crippen LogP contribution in [0.1, 0.15) is 25.3 Å². The number of amides is 1. The predicted molar refractivity (Wildman–Crippen MR) is 85.8 cm³/mol. The molecule has 0 atom stereocenters. The average molecular weight is 340 g/mol. The number of carboxylic acids is 1. The Balaban J connectivity index is 0.000000449. The summed E-state index contributed by atoms with van der Waals surface area (Å²) in [5.74, 6) is -1.00. The number of nitrogens with zero attached hydrogens (tertiary/aromatic N) is 2. The summed E-state index contributed by atoms with van der Waals surface area (Å²) in [5, 5.41) is 29.0. The van der Waals surface area contributed by atoms with Gasteiger partial charge in [-0.15, -0.1) is 0 Å². The molecule has 0 aliphatic carbocycles. The van der Waals surface area contributed by atoms with Gasteiger partial charge in [0.05, 0.1) is 32.0 Å². The van der Waals surface area contributed by atoms with Crippen LogP contribution in [0.3, 0.4) is 0 Å². The Morgan fingerprint density at radius 2 is 1.75 bits per heavy atom. The van der Waals surface area contributed by atoms with E-state index in [-0.39, 0.29) is 24.6 Å². The number of aliphatic carboxylic acids is 1. The highest BCUT2D eigenvalue weighted by Gasteiger charge is 2.23. The first-order valence-electron chi connectivity index (χ1n) is 7.54. The van der Waals surface area contributed by atoms with E-state index < -0.39 is 10.9 Å².